The molecule has 18 heavy (non-hydrogen) atoms. The van der Waals surface area contributed by atoms with Gasteiger partial charge >= 0.3 is 0 Å². The lowest BCUT2D eigenvalue weighted by molar-refractivity contribution is 0.506. The molecule has 102 valence electrons. The van der Waals surface area contributed by atoms with E-state index in [1.165, 1.54) is 38.5 Å². The van der Waals surface area contributed by atoms with Crippen molar-refractivity contribution in [1.29, 1.82) is 0 Å². The molecule has 0 aliphatic carbocycles. The molecule has 0 heteroatoms. The van der Waals surface area contributed by atoms with Crippen LogP contribution >= 0.6 is 0 Å². The van der Waals surface area contributed by atoms with E-state index in [2.05, 4.69) is 52.0 Å². The Morgan fingerprint density at radius 1 is 0.778 bits per heavy atom. The van der Waals surface area contributed by atoms with Crippen molar-refractivity contribution < 1.29 is 0 Å². The zero-order valence-electron chi connectivity index (χ0n) is 12.7. The summed E-state index contributed by atoms with van der Waals surface area (Å²) in [7, 11) is 0. The smallest absolute Gasteiger partial charge is 0.0274 e. The highest BCUT2D eigenvalue weighted by Gasteiger charge is 2.06. The summed E-state index contributed by atoms with van der Waals surface area (Å²) in [4.78, 5) is 0. The molecule has 2 atom stereocenters. The molecule has 0 spiro atoms. The Labute approximate surface area is 114 Å². The van der Waals surface area contributed by atoms with Crippen molar-refractivity contribution >= 4 is 0 Å². The monoisotopic (exact) mass is 246 g/mol. The van der Waals surface area contributed by atoms with Crippen LogP contribution in [0.4, 0.5) is 0 Å². The van der Waals surface area contributed by atoms with Crippen LogP contribution in [0.1, 0.15) is 64.5 Å². The maximum Gasteiger partial charge on any atom is -0.0274 e. The van der Waals surface area contributed by atoms with Gasteiger partial charge in [-0.3, -0.25) is 0 Å². The second kappa shape index (κ2) is 8.34. The van der Waals surface area contributed by atoms with E-state index >= 15 is 0 Å². The Kier molecular flexibility index (Phi) is 7.08. The molecule has 0 N–H and O–H groups in total. The summed E-state index contributed by atoms with van der Waals surface area (Å²) in [6.07, 6.45) is 7.77. The van der Waals surface area contributed by atoms with Crippen molar-refractivity contribution in [3.05, 3.63) is 35.4 Å². The van der Waals surface area contributed by atoms with Crippen LogP contribution in [0.15, 0.2) is 24.3 Å². The minimum absolute atomic E-state index is 0.854. The van der Waals surface area contributed by atoms with Gasteiger partial charge in [-0.05, 0) is 48.6 Å². The molecule has 0 saturated carbocycles. The van der Waals surface area contributed by atoms with E-state index in [9.17, 15) is 0 Å². The third kappa shape index (κ3) is 5.25. The highest BCUT2D eigenvalue weighted by atomic mass is 14.1. The van der Waals surface area contributed by atoms with Gasteiger partial charge in [-0.25, -0.2) is 0 Å². The standard InChI is InChI=1S/C18H30/c1-5-15(3)11-13-17-9-7-8-10-18(17)14-12-16(4)6-2/h7-10,15-16H,5-6,11-14H2,1-4H3. The first-order valence-electron chi connectivity index (χ1n) is 7.74. The summed E-state index contributed by atoms with van der Waals surface area (Å²) >= 11 is 0. The third-order valence-electron chi connectivity index (χ3n) is 4.33. The van der Waals surface area contributed by atoms with E-state index in [4.69, 9.17) is 0 Å². The minimum Gasteiger partial charge on any atom is -0.0651 e. The van der Waals surface area contributed by atoms with Gasteiger partial charge in [0.1, 0.15) is 0 Å². The van der Waals surface area contributed by atoms with Crippen molar-refractivity contribution in [2.24, 2.45) is 11.8 Å². The highest BCUT2D eigenvalue weighted by molar-refractivity contribution is 5.27. The first-order chi connectivity index (χ1) is 8.67. The zero-order chi connectivity index (χ0) is 13.4. The molecular formula is C18H30. The van der Waals surface area contributed by atoms with Gasteiger partial charge in [-0.1, -0.05) is 64.8 Å². The predicted octanol–water partition coefficient (Wildman–Crippen LogP) is 5.64. The topological polar surface area (TPSA) is 0 Å². The molecule has 0 saturated heterocycles. The SMILES string of the molecule is CCC(C)CCc1ccccc1CCC(C)CC. The number of aryl methyl sites for hydroxylation is 2. The summed E-state index contributed by atoms with van der Waals surface area (Å²) in [5.74, 6) is 1.71. The fourth-order valence-corrected chi connectivity index (χ4v) is 2.26. The molecular weight excluding hydrogens is 216 g/mol. The Balaban J connectivity index is 2.56. The molecule has 0 aromatic heterocycles. The van der Waals surface area contributed by atoms with Crippen LogP contribution in [-0.4, -0.2) is 0 Å². The number of hydrogen-bond acceptors (Lipinski definition) is 0. The first kappa shape index (κ1) is 15.3. The quantitative estimate of drug-likeness (QED) is 0.556. The van der Waals surface area contributed by atoms with Gasteiger partial charge < -0.3 is 0 Å². The van der Waals surface area contributed by atoms with Gasteiger partial charge in [-0.2, -0.15) is 0 Å². The fourth-order valence-electron chi connectivity index (χ4n) is 2.26. The molecule has 0 radical (unpaired) electrons. The molecule has 0 aliphatic heterocycles. The second-order valence-corrected chi connectivity index (χ2v) is 5.87. The maximum atomic E-state index is 2.36. The van der Waals surface area contributed by atoms with E-state index in [1.807, 2.05) is 0 Å². The molecule has 0 fully saturated rings. The van der Waals surface area contributed by atoms with E-state index in [0.29, 0.717) is 0 Å². The number of rotatable bonds is 8. The molecule has 1 aromatic carbocycles. The van der Waals surface area contributed by atoms with Crippen LogP contribution in [0.25, 0.3) is 0 Å². The zero-order valence-corrected chi connectivity index (χ0v) is 12.7. The maximum absolute atomic E-state index is 2.36. The van der Waals surface area contributed by atoms with E-state index < -0.39 is 0 Å². The molecule has 1 rings (SSSR count). The largest absolute Gasteiger partial charge is 0.0651 e. The van der Waals surface area contributed by atoms with Gasteiger partial charge in [0, 0.05) is 0 Å². The van der Waals surface area contributed by atoms with Crippen LogP contribution < -0.4 is 0 Å². The average Bonchev–Trinajstić information content (AvgIpc) is 2.42. The average molecular weight is 246 g/mol. The lowest BCUT2D eigenvalue weighted by Crippen LogP contribution is -2.01. The van der Waals surface area contributed by atoms with Crippen LogP contribution in [0, 0.1) is 11.8 Å². The van der Waals surface area contributed by atoms with Crippen LogP contribution in [0.2, 0.25) is 0 Å². The van der Waals surface area contributed by atoms with Crippen molar-refractivity contribution in [2.45, 2.75) is 66.2 Å². The number of hydrogen-bond donors (Lipinski definition) is 0. The minimum atomic E-state index is 0.854. The molecule has 1 aromatic rings. The summed E-state index contributed by atoms with van der Waals surface area (Å²) < 4.78 is 0. The normalized spacial score (nSPS) is 14.4. The van der Waals surface area contributed by atoms with Crippen LogP contribution in [-0.2, 0) is 12.8 Å². The molecule has 0 amide bonds. The highest BCUT2D eigenvalue weighted by Crippen LogP contribution is 2.19. The van der Waals surface area contributed by atoms with Crippen molar-refractivity contribution in [3.8, 4) is 0 Å². The van der Waals surface area contributed by atoms with Gasteiger partial charge in [0.2, 0.25) is 0 Å². The molecule has 0 heterocycles. The van der Waals surface area contributed by atoms with Gasteiger partial charge in [0.15, 0.2) is 0 Å². The lowest BCUT2D eigenvalue weighted by Gasteiger charge is -2.14. The molecule has 0 nitrogen and oxygen atoms in total. The first-order valence-corrected chi connectivity index (χ1v) is 7.74. The summed E-state index contributed by atoms with van der Waals surface area (Å²) in [5.41, 5.74) is 3.17. The Hall–Kier alpha value is -0.780. The van der Waals surface area contributed by atoms with Crippen LogP contribution in [0.5, 0.6) is 0 Å². The second-order valence-electron chi connectivity index (χ2n) is 5.87. The summed E-state index contributed by atoms with van der Waals surface area (Å²) in [6.45, 7) is 9.31. The lowest BCUT2D eigenvalue weighted by atomic mass is 9.92. The van der Waals surface area contributed by atoms with Gasteiger partial charge in [-0.15, -0.1) is 0 Å². The van der Waals surface area contributed by atoms with Crippen molar-refractivity contribution in [3.63, 3.8) is 0 Å². The van der Waals surface area contributed by atoms with Gasteiger partial charge in [0.05, 0.1) is 0 Å². The molecule has 0 bridgehead atoms. The Bertz CT molecular complexity index is 294. The Morgan fingerprint density at radius 2 is 1.17 bits per heavy atom. The number of benzene rings is 1. The van der Waals surface area contributed by atoms with E-state index in [1.54, 1.807) is 11.1 Å². The predicted molar refractivity (Wildman–Crippen MR) is 82.0 cm³/mol. The van der Waals surface area contributed by atoms with Gasteiger partial charge in [0.25, 0.3) is 0 Å². The van der Waals surface area contributed by atoms with Crippen molar-refractivity contribution in [1.82, 2.24) is 0 Å². The fraction of sp³-hybridized carbons (Fsp3) is 0.667. The third-order valence-corrected chi connectivity index (χ3v) is 4.33. The summed E-state index contributed by atoms with van der Waals surface area (Å²) in [5, 5.41) is 0. The van der Waals surface area contributed by atoms with E-state index in [0.717, 1.165) is 11.8 Å². The summed E-state index contributed by atoms with van der Waals surface area (Å²) in [6, 6.07) is 9.04. The Morgan fingerprint density at radius 3 is 1.50 bits per heavy atom. The van der Waals surface area contributed by atoms with Crippen molar-refractivity contribution in [2.75, 3.05) is 0 Å². The van der Waals surface area contributed by atoms with Crippen LogP contribution in [0.3, 0.4) is 0 Å². The van der Waals surface area contributed by atoms with E-state index in [-0.39, 0.29) is 0 Å². The molecule has 0 aliphatic rings. The molecule has 2 unspecified atom stereocenters.